The number of para-hydroxylation sites is 1. The van der Waals surface area contributed by atoms with E-state index in [1.54, 1.807) is 18.2 Å². The van der Waals surface area contributed by atoms with Gasteiger partial charge in [0.2, 0.25) is 0 Å². The molecule has 0 aliphatic rings. The SMILES string of the molecule is CC(NCCOc1ccccc1F)c1ccccc1. The average molecular weight is 259 g/mol. The van der Waals surface area contributed by atoms with Crippen LogP contribution in [0.25, 0.3) is 0 Å². The van der Waals surface area contributed by atoms with E-state index >= 15 is 0 Å². The maximum atomic E-state index is 13.3. The summed E-state index contributed by atoms with van der Waals surface area (Å²) in [6, 6.07) is 16.9. The van der Waals surface area contributed by atoms with Crippen molar-refractivity contribution in [2.24, 2.45) is 0 Å². The number of halogens is 1. The third-order valence-corrected chi connectivity index (χ3v) is 2.95. The van der Waals surface area contributed by atoms with E-state index in [9.17, 15) is 4.39 Å². The van der Waals surface area contributed by atoms with Gasteiger partial charge in [0.1, 0.15) is 6.61 Å². The van der Waals surface area contributed by atoms with Gasteiger partial charge >= 0.3 is 0 Å². The second kappa shape index (κ2) is 6.90. The predicted molar refractivity (Wildman–Crippen MR) is 74.8 cm³/mol. The quantitative estimate of drug-likeness (QED) is 0.801. The first-order valence-electron chi connectivity index (χ1n) is 6.43. The Labute approximate surface area is 113 Å². The molecule has 0 aliphatic heterocycles. The lowest BCUT2D eigenvalue weighted by atomic mass is 10.1. The number of benzene rings is 2. The molecule has 2 rings (SSSR count). The maximum Gasteiger partial charge on any atom is 0.165 e. The van der Waals surface area contributed by atoms with E-state index < -0.39 is 0 Å². The molecule has 0 spiro atoms. The van der Waals surface area contributed by atoms with Crippen LogP contribution in [0.2, 0.25) is 0 Å². The molecule has 1 N–H and O–H groups in total. The lowest BCUT2D eigenvalue weighted by molar-refractivity contribution is 0.293. The lowest BCUT2D eigenvalue weighted by Crippen LogP contribution is -2.24. The summed E-state index contributed by atoms with van der Waals surface area (Å²) in [6.45, 7) is 3.21. The van der Waals surface area contributed by atoms with E-state index in [-0.39, 0.29) is 11.9 Å². The Morgan fingerprint density at radius 3 is 2.47 bits per heavy atom. The van der Waals surface area contributed by atoms with Gasteiger partial charge in [-0.25, -0.2) is 4.39 Å². The molecule has 1 atom stereocenters. The largest absolute Gasteiger partial charge is 0.489 e. The van der Waals surface area contributed by atoms with Crippen LogP contribution < -0.4 is 10.1 Å². The van der Waals surface area contributed by atoms with Gasteiger partial charge in [0, 0.05) is 12.6 Å². The summed E-state index contributed by atoms with van der Waals surface area (Å²) >= 11 is 0. The molecule has 19 heavy (non-hydrogen) atoms. The zero-order valence-corrected chi connectivity index (χ0v) is 11.0. The van der Waals surface area contributed by atoms with Crippen LogP contribution in [0.1, 0.15) is 18.5 Å². The molecule has 0 bridgehead atoms. The smallest absolute Gasteiger partial charge is 0.165 e. The molecule has 0 amide bonds. The van der Waals surface area contributed by atoms with Crippen molar-refractivity contribution in [3.8, 4) is 5.75 Å². The Hall–Kier alpha value is -1.87. The lowest BCUT2D eigenvalue weighted by Gasteiger charge is -2.14. The Balaban J connectivity index is 1.74. The molecule has 0 aromatic heterocycles. The standard InChI is InChI=1S/C16H18FNO/c1-13(14-7-3-2-4-8-14)18-11-12-19-16-10-6-5-9-15(16)17/h2-10,13,18H,11-12H2,1H3. The minimum atomic E-state index is -0.321. The molecule has 0 radical (unpaired) electrons. The molecule has 0 fully saturated rings. The Kier molecular flexibility index (Phi) is 4.93. The number of rotatable bonds is 6. The highest BCUT2D eigenvalue weighted by Gasteiger charge is 2.04. The van der Waals surface area contributed by atoms with Gasteiger partial charge in [-0.3, -0.25) is 0 Å². The average Bonchev–Trinajstić information content (AvgIpc) is 2.46. The van der Waals surface area contributed by atoms with Crippen molar-refractivity contribution in [3.05, 3.63) is 66.0 Å². The van der Waals surface area contributed by atoms with E-state index in [1.807, 2.05) is 18.2 Å². The van der Waals surface area contributed by atoms with Gasteiger partial charge in [-0.15, -0.1) is 0 Å². The van der Waals surface area contributed by atoms with Crippen LogP contribution in [0.15, 0.2) is 54.6 Å². The molecule has 0 heterocycles. The zero-order chi connectivity index (χ0) is 13.5. The van der Waals surface area contributed by atoms with Crippen LogP contribution in [0, 0.1) is 5.82 Å². The molecule has 0 saturated heterocycles. The molecule has 2 nitrogen and oxygen atoms in total. The fraction of sp³-hybridized carbons (Fsp3) is 0.250. The van der Waals surface area contributed by atoms with Crippen LogP contribution in [-0.2, 0) is 0 Å². The van der Waals surface area contributed by atoms with Crippen LogP contribution in [0.4, 0.5) is 4.39 Å². The third kappa shape index (κ3) is 4.07. The van der Waals surface area contributed by atoms with Gasteiger partial charge in [0.15, 0.2) is 11.6 Å². The van der Waals surface area contributed by atoms with E-state index in [4.69, 9.17) is 4.74 Å². The monoisotopic (exact) mass is 259 g/mol. The van der Waals surface area contributed by atoms with Crippen molar-refractivity contribution >= 4 is 0 Å². The Bertz CT molecular complexity index is 501. The fourth-order valence-corrected chi connectivity index (χ4v) is 1.86. The molecular formula is C16H18FNO. The fourth-order valence-electron chi connectivity index (χ4n) is 1.86. The molecule has 0 saturated carbocycles. The first kappa shape index (κ1) is 13.6. The van der Waals surface area contributed by atoms with Gasteiger partial charge in [-0.05, 0) is 24.6 Å². The number of hydrogen-bond donors (Lipinski definition) is 1. The highest BCUT2D eigenvalue weighted by Crippen LogP contribution is 2.15. The molecule has 2 aromatic rings. The zero-order valence-electron chi connectivity index (χ0n) is 11.0. The van der Waals surface area contributed by atoms with Crippen LogP contribution >= 0.6 is 0 Å². The minimum absolute atomic E-state index is 0.255. The van der Waals surface area contributed by atoms with Gasteiger partial charge < -0.3 is 10.1 Å². The summed E-state index contributed by atoms with van der Waals surface area (Å²) in [4.78, 5) is 0. The van der Waals surface area contributed by atoms with Crippen molar-refractivity contribution < 1.29 is 9.13 Å². The van der Waals surface area contributed by atoms with Crippen molar-refractivity contribution in [1.82, 2.24) is 5.32 Å². The van der Waals surface area contributed by atoms with Gasteiger partial charge in [0.25, 0.3) is 0 Å². The first-order chi connectivity index (χ1) is 9.27. The highest BCUT2D eigenvalue weighted by molar-refractivity contribution is 5.23. The highest BCUT2D eigenvalue weighted by atomic mass is 19.1. The van der Waals surface area contributed by atoms with Crippen LogP contribution in [-0.4, -0.2) is 13.2 Å². The molecule has 100 valence electrons. The minimum Gasteiger partial charge on any atom is -0.489 e. The number of hydrogen-bond acceptors (Lipinski definition) is 2. The van der Waals surface area contributed by atoms with Gasteiger partial charge in [-0.2, -0.15) is 0 Å². The van der Waals surface area contributed by atoms with E-state index in [2.05, 4.69) is 24.4 Å². The second-order valence-corrected chi connectivity index (χ2v) is 4.37. The second-order valence-electron chi connectivity index (χ2n) is 4.37. The molecule has 1 unspecified atom stereocenters. The summed E-state index contributed by atoms with van der Waals surface area (Å²) in [7, 11) is 0. The Morgan fingerprint density at radius 2 is 1.74 bits per heavy atom. The maximum absolute atomic E-state index is 13.3. The topological polar surface area (TPSA) is 21.3 Å². The summed E-state index contributed by atoms with van der Waals surface area (Å²) in [5.41, 5.74) is 1.23. The third-order valence-electron chi connectivity index (χ3n) is 2.95. The number of nitrogens with one attached hydrogen (secondary N) is 1. The molecular weight excluding hydrogens is 241 g/mol. The van der Waals surface area contributed by atoms with Crippen molar-refractivity contribution in [2.75, 3.05) is 13.2 Å². The van der Waals surface area contributed by atoms with Crippen molar-refractivity contribution in [2.45, 2.75) is 13.0 Å². The van der Waals surface area contributed by atoms with E-state index in [1.165, 1.54) is 11.6 Å². The summed E-state index contributed by atoms with van der Waals surface area (Å²) in [6.07, 6.45) is 0. The Morgan fingerprint density at radius 1 is 1.05 bits per heavy atom. The molecule has 0 aliphatic carbocycles. The molecule has 2 aromatic carbocycles. The van der Waals surface area contributed by atoms with Crippen LogP contribution in [0.5, 0.6) is 5.75 Å². The first-order valence-corrected chi connectivity index (χ1v) is 6.43. The summed E-state index contributed by atoms with van der Waals surface area (Å²) in [5, 5.41) is 3.34. The number of ether oxygens (including phenoxy) is 1. The van der Waals surface area contributed by atoms with Crippen LogP contribution in [0.3, 0.4) is 0 Å². The predicted octanol–water partition coefficient (Wildman–Crippen LogP) is 3.56. The summed E-state index contributed by atoms with van der Waals surface area (Å²) in [5.74, 6) is -0.0183. The van der Waals surface area contributed by atoms with E-state index in [0.29, 0.717) is 18.9 Å². The summed E-state index contributed by atoms with van der Waals surface area (Å²) < 4.78 is 18.7. The molecule has 3 heteroatoms. The van der Waals surface area contributed by atoms with E-state index in [0.717, 1.165) is 0 Å². The normalized spacial score (nSPS) is 12.1. The van der Waals surface area contributed by atoms with Crippen molar-refractivity contribution in [1.29, 1.82) is 0 Å². The van der Waals surface area contributed by atoms with Gasteiger partial charge in [0.05, 0.1) is 0 Å². The van der Waals surface area contributed by atoms with Crippen molar-refractivity contribution in [3.63, 3.8) is 0 Å². The van der Waals surface area contributed by atoms with Gasteiger partial charge in [-0.1, -0.05) is 42.5 Å².